The van der Waals surface area contributed by atoms with E-state index in [0.717, 1.165) is 203 Å². The molecule has 3 aromatic carbocycles. The first-order valence-corrected chi connectivity index (χ1v) is 37.7. The summed E-state index contributed by atoms with van der Waals surface area (Å²) in [7, 11) is 0. The average Bonchev–Trinajstić information content (AvgIpc) is 1.51. The minimum Gasteiger partial charge on any atom is -0.506 e. The summed E-state index contributed by atoms with van der Waals surface area (Å²) in [5.74, 6) is 0.685. The summed E-state index contributed by atoms with van der Waals surface area (Å²) in [6.45, 7) is 27.9. The molecule has 4 aliphatic carbocycles. The number of phenols is 1. The number of carbonyl (C=O) groups excluding carboxylic acids is 2. The van der Waals surface area contributed by atoms with E-state index in [4.69, 9.17) is 41.1 Å². The normalized spacial score (nSPS) is 16.6. The smallest absolute Gasteiger partial charge is 0.270 e. The minimum absolute atomic E-state index is 0.0935. The molecule has 7 aromatic rings. The van der Waals surface area contributed by atoms with Gasteiger partial charge in [-0.05, 0) is 102 Å². The highest BCUT2D eigenvalue weighted by molar-refractivity contribution is 7.29. The number of unbranched alkanes of at least 4 members (excludes halogenated alkanes) is 17. The molecule has 8 nitrogen and oxygen atoms in total. The molecular formula is C78H80Cl2N4O4S4. The third-order valence-electron chi connectivity index (χ3n) is 19.7. The van der Waals surface area contributed by atoms with E-state index in [-0.39, 0.29) is 44.2 Å². The van der Waals surface area contributed by atoms with Crippen LogP contribution in [0.5, 0.6) is 11.5 Å². The fourth-order valence-corrected chi connectivity index (χ4v) is 21.0. The number of ether oxygens (including phenoxy) is 1. The quantitative estimate of drug-likeness (QED) is 0.0207. The van der Waals surface area contributed by atoms with Crippen molar-refractivity contribution in [2.45, 2.75) is 212 Å². The standard InChI is InChI=1S/C78H80Cl2N4O4S4/c1-8-13-18-23-24-31-38-88-70-64-66-76(72-56(78(66,36-29-21-16-11-4)37-30-22-17-12-5)42-48(90-72)40-54-62(60(46-82)84-7)51-43-57(79)58(80)44-52(51)68(54)86)91-73(64)69(87)63-65-75(92-74(63)70)71-55(77(65,34-27-19-14-9-2)35-28-20-15-10-3)41-47(89-71)39-53-61(59(45-81)83-6)49-32-25-26-33-50(49)67(53)85/h25-26,32-33,39-44,87H,8-24,27-31,34-38H2,1-5H3/b53-39-,54-40-,61-59?,62-60+. The Morgan fingerprint density at radius 3 is 1.42 bits per heavy atom. The molecule has 14 heteroatoms. The summed E-state index contributed by atoms with van der Waals surface area (Å²) >= 11 is 19.9. The number of allylic oxidation sites excluding steroid dienone is 6. The number of phenolic OH excluding ortho intramolecular Hbond substituents is 1. The van der Waals surface area contributed by atoms with Crippen LogP contribution in [0.25, 0.3) is 72.7 Å². The Labute approximate surface area is 569 Å². The highest BCUT2D eigenvalue weighted by atomic mass is 35.5. The Morgan fingerprint density at radius 2 is 0.946 bits per heavy atom. The lowest BCUT2D eigenvalue weighted by Gasteiger charge is -2.33. The maximum atomic E-state index is 14.6. The number of hydrogen-bond donors (Lipinski definition) is 1. The second-order valence-corrected chi connectivity index (χ2v) is 30.6. The number of halogens is 2. The van der Waals surface area contributed by atoms with Crippen LogP contribution in [0.2, 0.25) is 10.0 Å². The molecule has 0 saturated carbocycles. The molecule has 4 aliphatic rings. The van der Waals surface area contributed by atoms with E-state index in [0.29, 0.717) is 45.8 Å². The first-order chi connectivity index (χ1) is 44.8. The van der Waals surface area contributed by atoms with E-state index in [2.05, 4.69) is 68.6 Å². The first-order valence-electron chi connectivity index (χ1n) is 33.7. The van der Waals surface area contributed by atoms with Gasteiger partial charge in [-0.1, -0.05) is 217 Å². The number of thiophene rings is 4. The van der Waals surface area contributed by atoms with Crippen LogP contribution in [0, 0.1) is 35.8 Å². The van der Waals surface area contributed by atoms with Crippen LogP contribution in [0.4, 0.5) is 0 Å². The van der Waals surface area contributed by atoms with Gasteiger partial charge >= 0.3 is 0 Å². The zero-order chi connectivity index (χ0) is 64.8. The number of hydrogen-bond acceptors (Lipinski definition) is 10. The molecule has 0 radical (unpaired) electrons. The number of benzene rings is 3. The van der Waals surface area contributed by atoms with Crippen LogP contribution < -0.4 is 4.74 Å². The van der Waals surface area contributed by atoms with Crippen molar-refractivity contribution in [3.8, 4) is 43.1 Å². The Hall–Kier alpha value is -6.58. The predicted octanol–water partition coefficient (Wildman–Crippen LogP) is 25.3. The maximum absolute atomic E-state index is 14.6. The van der Waals surface area contributed by atoms with Crippen molar-refractivity contribution in [1.29, 1.82) is 10.5 Å². The van der Waals surface area contributed by atoms with E-state index in [1.54, 1.807) is 63.5 Å². The van der Waals surface area contributed by atoms with Crippen LogP contribution >= 0.6 is 68.5 Å². The molecule has 0 unspecified atom stereocenters. The van der Waals surface area contributed by atoms with Gasteiger partial charge in [-0.25, -0.2) is 20.2 Å². The molecule has 0 atom stereocenters. The molecule has 0 aliphatic heterocycles. The zero-order valence-corrected chi connectivity index (χ0v) is 58.5. The van der Waals surface area contributed by atoms with Gasteiger partial charge in [0.05, 0.1) is 61.1 Å². The lowest BCUT2D eigenvalue weighted by molar-refractivity contribution is 0.103. The van der Waals surface area contributed by atoms with E-state index < -0.39 is 10.8 Å². The lowest BCUT2D eigenvalue weighted by Crippen LogP contribution is -2.26. The molecule has 474 valence electrons. The van der Waals surface area contributed by atoms with Crippen LogP contribution in [0.3, 0.4) is 0 Å². The van der Waals surface area contributed by atoms with Crippen molar-refractivity contribution in [2.75, 3.05) is 6.61 Å². The summed E-state index contributed by atoms with van der Waals surface area (Å²) < 4.78 is 9.39. The van der Waals surface area contributed by atoms with E-state index in [9.17, 15) is 25.2 Å². The Balaban J connectivity index is 1.18. The number of rotatable bonds is 30. The Morgan fingerprint density at radius 1 is 0.533 bits per heavy atom. The molecule has 0 saturated heterocycles. The Kier molecular flexibility index (Phi) is 21.3. The van der Waals surface area contributed by atoms with Crippen molar-refractivity contribution in [1.82, 2.24) is 0 Å². The molecule has 92 heavy (non-hydrogen) atoms. The highest BCUT2D eigenvalue weighted by Gasteiger charge is 2.51. The largest absolute Gasteiger partial charge is 0.506 e. The van der Waals surface area contributed by atoms with Gasteiger partial charge in [0.15, 0.2) is 11.6 Å². The molecule has 0 bridgehead atoms. The van der Waals surface area contributed by atoms with Crippen molar-refractivity contribution >= 4 is 124 Å². The lowest BCUT2D eigenvalue weighted by atomic mass is 9.69. The first kappa shape index (κ1) is 66.9. The molecular weight excluding hydrogens is 1260 g/mol. The summed E-state index contributed by atoms with van der Waals surface area (Å²) in [4.78, 5) is 42.7. The molecule has 1 N–H and O–H groups in total. The van der Waals surface area contributed by atoms with Crippen molar-refractivity contribution < 1.29 is 19.4 Å². The van der Waals surface area contributed by atoms with Gasteiger partial charge in [0.25, 0.3) is 11.4 Å². The molecule has 4 heterocycles. The summed E-state index contributed by atoms with van der Waals surface area (Å²) in [5, 5.41) is 37.0. The number of nitrogens with zero attached hydrogens (tertiary/aromatic N) is 4. The van der Waals surface area contributed by atoms with Gasteiger partial charge in [0.1, 0.15) is 11.5 Å². The molecule has 4 aromatic heterocycles. The number of fused-ring (bicyclic) bond motifs is 12. The highest BCUT2D eigenvalue weighted by Crippen LogP contribution is 2.69. The van der Waals surface area contributed by atoms with E-state index >= 15 is 0 Å². The average molecular weight is 1340 g/mol. The van der Waals surface area contributed by atoms with E-state index in [1.165, 1.54) is 41.5 Å². The molecule has 11 rings (SSSR count). The fourth-order valence-electron chi connectivity index (χ4n) is 15.3. The Bertz CT molecular complexity index is 4300. The van der Waals surface area contributed by atoms with Crippen molar-refractivity contribution in [3.05, 3.63) is 158 Å². The van der Waals surface area contributed by atoms with Gasteiger partial charge in [-0.2, -0.15) is 0 Å². The number of ketones is 2. The van der Waals surface area contributed by atoms with Gasteiger partial charge in [0, 0.05) is 74.5 Å². The molecule has 0 amide bonds. The number of carbonyl (C=O) groups is 2. The second kappa shape index (κ2) is 29.4. The van der Waals surface area contributed by atoms with Crippen molar-refractivity contribution in [3.63, 3.8) is 0 Å². The van der Waals surface area contributed by atoms with Crippen LogP contribution in [0.15, 0.2) is 71.1 Å². The SMILES string of the molecule is [C-]#[N+]C(C#N)=C1/C(=C/c2cc3c(s2)-c2sc4c(OCCCCCCCC)c5c6c(sc5c(O)c4c2C3(CCCCCC)CCCCCC)-c2sc(/C=C3\C(=O)c4cc(Cl)c(Cl)cc4\C3=C(\C#N)[N+]#[C-])cc2C6(CCCCCC)CCCCCC)C(=O)c2ccccc21. The van der Waals surface area contributed by atoms with Gasteiger partial charge < -0.3 is 9.84 Å². The third kappa shape index (κ3) is 12.0. The maximum Gasteiger partial charge on any atom is 0.270 e. The van der Waals surface area contributed by atoms with Gasteiger partial charge in [-0.15, -0.1) is 45.3 Å². The number of Topliss-reactive ketones (excluding diaryl/α,β-unsaturated/α-hetero) is 2. The van der Waals surface area contributed by atoms with Crippen molar-refractivity contribution in [2.24, 2.45) is 0 Å². The monoisotopic (exact) mass is 1330 g/mol. The predicted molar refractivity (Wildman–Crippen MR) is 387 cm³/mol. The molecule has 0 spiro atoms. The number of nitriles is 2. The summed E-state index contributed by atoms with van der Waals surface area (Å²) in [5.41, 5.74) is 6.88. The van der Waals surface area contributed by atoms with Crippen LogP contribution in [-0.4, -0.2) is 23.3 Å². The molecule has 0 fully saturated rings. The fraction of sp³-hybridized carbons (Fsp3) is 0.436. The summed E-state index contributed by atoms with van der Waals surface area (Å²) in [6.07, 6.45) is 31.3. The second-order valence-electron chi connectivity index (χ2n) is 25.5. The minimum atomic E-state index is -0.472. The van der Waals surface area contributed by atoms with Crippen LogP contribution in [-0.2, 0) is 10.8 Å². The third-order valence-corrected chi connectivity index (χ3v) is 25.3. The van der Waals surface area contributed by atoms with Gasteiger partial charge in [0.2, 0.25) is 0 Å². The summed E-state index contributed by atoms with van der Waals surface area (Å²) in [6, 6.07) is 19.2. The topological polar surface area (TPSA) is 120 Å². The van der Waals surface area contributed by atoms with Gasteiger partial charge in [-0.3, -0.25) is 9.59 Å². The number of aromatic hydroxyl groups is 1. The van der Waals surface area contributed by atoms with E-state index in [1.807, 2.05) is 30.4 Å². The van der Waals surface area contributed by atoms with Crippen LogP contribution in [0.1, 0.15) is 265 Å². The zero-order valence-electron chi connectivity index (χ0n) is 53.7.